The maximum atomic E-state index is 11.6. The highest BCUT2D eigenvalue weighted by molar-refractivity contribution is 4.72. The maximum Gasteiger partial charge on any atom is 0.345 e. The van der Waals surface area contributed by atoms with Gasteiger partial charge in [-0.25, -0.2) is 0 Å². The molecule has 2 rings (SSSR count). The van der Waals surface area contributed by atoms with Gasteiger partial charge >= 0.3 is 6.61 Å². The quantitative estimate of drug-likeness (QED) is 0.722. The molecule has 2 aliphatic carbocycles. The van der Waals surface area contributed by atoms with Crippen LogP contribution in [-0.4, -0.2) is 46.3 Å². The molecule has 2 saturated carbocycles. The minimum absolute atomic E-state index is 0.237. The molecule has 0 heterocycles. The van der Waals surface area contributed by atoms with Gasteiger partial charge in [-0.2, -0.15) is 8.78 Å². The van der Waals surface area contributed by atoms with Crippen LogP contribution in [-0.2, 0) is 4.74 Å². The van der Waals surface area contributed by atoms with Crippen molar-refractivity contribution in [1.29, 1.82) is 0 Å². The molecule has 0 bridgehead atoms. The van der Waals surface area contributed by atoms with E-state index < -0.39 is 18.8 Å². The summed E-state index contributed by atoms with van der Waals surface area (Å²) in [6.07, 6.45) is 4.41. The molecule has 0 aromatic carbocycles. The standard InChI is InChI=1S/C7H12F2O2.C6H12O2/c8-7(9)11-6-3-1-2-5(10)4-6;7-5-2-1-3-6(8)4-5/h5-7,10H,1-4H2;5-8H,1-4H2. The second-order valence-electron chi connectivity index (χ2n) is 5.31. The first-order chi connectivity index (χ1) is 8.97. The fraction of sp³-hybridized carbons (Fsp3) is 1.00. The molecule has 2 aliphatic rings. The number of hydrogen-bond acceptors (Lipinski definition) is 4. The predicted octanol–water partition coefficient (Wildman–Crippen LogP) is 1.81. The Morgan fingerprint density at radius 1 is 0.789 bits per heavy atom. The molecule has 6 heteroatoms. The molecule has 0 aromatic rings. The normalized spacial score (nSPS) is 35.7. The van der Waals surface area contributed by atoms with E-state index in [-0.39, 0.29) is 12.2 Å². The average Bonchev–Trinajstić information content (AvgIpc) is 2.28. The Bertz CT molecular complexity index is 231. The van der Waals surface area contributed by atoms with Crippen LogP contribution in [0.15, 0.2) is 0 Å². The first-order valence-corrected chi connectivity index (χ1v) is 6.95. The van der Waals surface area contributed by atoms with Crippen molar-refractivity contribution >= 4 is 0 Å². The molecule has 0 spiro atoms. The third kappa shape index (κ3) is 7.77. The van der Waals surface area contributed by atoms with E-state index in [1.807, 2.05) is 0 Å². The van der Waals surface area contributed by atoms with Crippen molar-refractivity contribution < 1.29 is 28.8 Å². The number of ether oxygens (including phenoxy) is 1. The van der Waals surface area contributed by atoms with Crippen LogP contribution in [0.1, 0.15) is 51.4 Å². The Hall–Kier alpha value is -0.300. The zero-order valence-electron chi connectivity index (χ0n) is 11.0. The first kappa shape index (κ1) is 16.8. The second-order valence-corrected chi connectivity index (χ2v) is 5.31. The minimum Gasteiger partial charge on any atom is -0.393 e. The second kappa shape index (κ2) is 8.79. The highest BCUT2D eigenvalue weighted by Crippen LogP contribution is 2.22. The summed E-state index contributed by atoms with van der Waals surface area (Å²) in [5.41, 5.74) is 0. The van der Waals surface area contributed by atoms with Gasteiger partial charge in [0.05, 0.1) is 24.4 Å². The van der Waals surface area contributed by atoms with Gasteiger partial charge in [0.15, 0.2) is 0 Å². The molecule has 0 amide bonds. The van der Waals surface area contributed by atoms with Gasteiger partial charge in [-0.1, -0.05) is 0 Å². The topological polar surface area (TPSA) is 69.9 Å². The predicted molar refractivity (Wildman–Crippen MR) is 65.8 cm³/mol. The third-order valence-electron chi connectivity index (χ3n) is 3.51. The molecule has 19 heavy (non-hydrogen) atoms. The van der Waals surface area contributed by atoms with E-state index in [1.54, 1.807) is 0 Å². The largest absolute Gasteiger partial charge is 0.393 e. The summed E-state index contributed by atoms with van der Waals surface area (Å²) in [6.45, 7) is -2.70. The fourth-order valence-electron chi connectivity index (χ4n) is 2.53. The van der Waals surface area contributed by atoms with Crippen molar-refractivity contribution in [2.45, 2.75) is 82.4 Å². The van der Waals surface area contributed by atoms with Gasteiger partial charge in [0.25, 0.3) is 0 Å². The summed E-state index contributed by atoms with van der Waals surface area (Å²) >= 11 is 0. The summed E-state index contributed by atoms with van der Waals surface area (Å²) in [7, 11) is 0. The summed E-state index contributed by atoms with van der Waals surface area (Å²) in [4.78, 5) is 0. The maximum absolute atomic E-state index is 11.6. The van der Waals surface area contributed by atoms with Crippen LogP contribution in [0.5, 0.6) is 0 Å². The molecule has 4 atom stereocenters. The third-order valence-corrected chi connectivity index (χ3v) is 3.51. The Labute approximate surface area is 112 Å². The Morgan fingerprint density at radius 3 is 1.63 bits per heavy atom. The van der Waals surface area contributed by atoms with Gasteiger partial charge in [-0.15, -0.1) is 0 Å². The van der Waals surface area contributed by atoms with E-state index in [4.69, 9.17) is 15.3 Å². The van der Waals surface area contributed by atoms with Crippen molar-refractivity contribution in [3.05, 3.63) is 0 Å². The summed E-state index contributed by atoms with van der Waals surface area (Å²) in [5, 5.41) is 26.9. The van der Waals surface area contributed by atoms with Crippen LogP contribution in [0.4, 0.5) is 8.78 Å². The molecule has 3 N–H and O–H groups in total. The molecular weight excluding hydrogens is 258 g/mol. The lowest BCUT2D eigenvalue weighted by Crippen LogP contribution is -2.27. The van der Waals surface area contributed by atoms with Crippen LogP contribution in [0.3, 0.4) is 0 Å². The van der Waals surface area contributed by atoms with E-state index in [2.05, 4.69) is 4.74 Å². The monoisotopic (exact) mass is 282 g/mol. The zero-order chi connectivity index (χ0) is 14.3. The first-order valence-electron chi connectivity index (χ1n) is 6.95. The Kier molecular flexibility index (Phi) is 7.75. The summed E-state index contributed by atoms with van der Waals surface area (Å²) in [6, 6.07) is 0. The molecule has 114 valence electrons. The molecular formula is C13H24F2O4. The highest BCUT2D eigenvalue weighted by Gasteiger charge is 2.23. The SMILES string of the molecule is OC1CCCC(O)C1.OC1CCCC(OC(F)F)C1. The van der Waals surface area contributed by atoms with Gasteiger partial charge < -0.3 is 20.1 Å². The van der Waals surface area contributed by atoms with E-state index in [0.29, 0.717) is 25.7 Å². The molecule has 0 aliphatic heterocycles. The molecule has 0 aromatic heterocycles. The number of aliphatic hydroxyl groups excluding tert-OH is 3. The highest BCUT2D eigenvalue weighted by atomic mass is 19.3. The lowest BCUT2D eigenvalue weighted by atomic mass is 9.95. The van der Waals surface area contributed by atoms with Gasteiger partial charge in [0, 0.05) is 0 Å². The molecule has 4 unspecified atom stereocenters. The average molecular weight is 282 g/mol. The van der Waals surface area contributed by atoms with Crippen LogP contribution >= 0.6 is 0 Å². The summed E-state index contributed by atoms with van der Waals surface area (Å²) in [5.74, 6) is 0. The van der Waals surface area contributed by atoms with Crippen LogP contribution in [0.2, 0.25) is 0 Å². The van der Waals surface area contributed by atoms with Crippen molar-refractivity contribution in [1.82, 2.24) is 0 Å². The number of hydrogen-bond donors (Lipinski definition) is 3. The number of rotatable bonds is 2. The molecule has 4 nitrogen and oxygen atoms in total. The summed E-state index contributed by atoms with van der Waals surface area (Å²) < 4.78 is 27.6. The van der Waals surface area contributed by atoms with Crippen molar-refractivity contribution in [2.75, 3.05) is 0 Å². The number of aliphatic hydroxyl groups is 3. The Balaban J connectivity index is 0.000000200. The van der Waals surface area contributed by atoms with Crippen LogP contribution in [0, 0.1) is 0 Å². The van der Waals surface area contributed by atoms with Crippen molar-refractivity contribution in [2.24, 2.45) is 0 Å². The molecule has 0 saturated heterocycles. The van der Waals surface area contributed by atoms with Gasteiger partial charge in [-0.3, -0.25) is 0 Å². The van der Waals surface area contributed by atoms with E-state index in [0.717, 1.165) is 25.7 Å². The smallest absolute Gasteiger partial charge is 0.345 e. The van der Waals surface area contributed by atoms with E-state index >= 15 is 0 Å². The van der Waals surface area contributed by atoms with Gasteiger partial charge in [0.2, 0.25) is 0 Å². The van der Waals surface area contributed by atoms with Crippen LogP contribution in [0.25, 0.3) is 0 Å². The van der Waals surface area contributed by atoms with E-state index in [9.17, 15) is 8.78 Å². The minimum atomic E-state index is -2.70. The Morgan fingerprint density at radius 2 is 1.26 bits per heavy atom. The molecule has 2 fully saturated rings. The van der Waals surface area contributed by atoms with Gasteiger partial charge in [-0.05, 0) is 51.4 Å². The lowest BCUT2D eigenvalue weighted by Gasteiger charge is -2.25. The fourth-order valence-corrected chi connectivity index (χ4v) is 2.53. The number of alkyl halides is 2. The van der Waals surface area contributed by atoms with Gasteiger partial charge in [0.1, 0.15) is 0 Å². The number of halogens is 2. The molecule has 0 radical (unpaired) electrons. The van der Waals surface area contributed by atoms with Crippen molar-refractivity contribution in [3.8, 4) is 0 Å². The van der Waals surface area contributed by atoms with Crippen LogP contribution < -0.4 is 0 Å². The zero-order valence-corrected chi connectivity index (χ0v) is 11.0. The van der Waals surface area contributed by atoms with E-state index in [1.165, 1.54) is 0 Å². The van der Waals surface area contributed by atoms with Crippen molar-refractivity contribution in [3.63, 3.8) is 0 Å². The lowest BCUT2D eigenvalue weighted by molar-refractivity contribution is -0.176.